The zero-order chi connectivity index (χ0) is 15.5. The Bertz CT molecular complexity index is 762. The number of carbonyl (C=O) groups excluding carboxylic acids is 1. The fourth-order valence-electron chi connectivity index (χ4n) is 1.58. The average molecular weight is 308 g/mol. The molecule has 8 nitrogen and oxygen atoms in total. The lowest BCUT2D eigenvalue weighted by Crippen LogP contribution is -2.15. The van der Waals surface area contributed by atoms with Gasteiger partial charge in [0.15, 0.2) is 0 Å². The van der Waals surface area contributed by atoms with Gasteiger partial charge in [0.2, 0.25) is 10.0 Å². The van der Waals surface area contributed by atoms with E-state index in [4.69, 9.17) is 9.88 Å². The molecule has 9 heteroatoms. The third-order valence-corrected chi connectivity index (χ3v) is 3.51. The highest BCUT2D eigenvalue weighted by atomic mass is 32.2. The molecule has 3 N–H and O–H groups in total. The molecule has 0 saturated heterocycles. The van der Waals surface area contributed by atoms with Crippen molar-refractivity contribution in [1.29, 1.82) is 0 Å². The standard InChI is InChI=1S/C12H12N4O4S/c1-20-11-3-2-9(21(13,18)19)6-10(11)16-12(17)8-4-5-14-15-7-8/h2-7H,1H3,(H,16,17)(H2,13,18,19). The summed E-state index contributed by atoms with van der Waals surface area (Å²) in [4.78, 5) is 11.9. The molecule has 0 fully saturated rings. The molecule has 0 radical (unpaired) electrons. The van der Waals surface area contributed by atoms with Gasteiger partial charge in [-0.25, -0.2) is 13.6 Å². The Balaban J connectivity index is 2.36. The minimum Gasteiger partial charge on any atom is -0.495 e. The lowest BCUT2D eigenvalue weighted by molar-refractivity contribution is 0.102. The predicted octanol–water partition coefficient (Wildman–Crippen LogP) is 0.385. The summed E-state index contributed by atoms with van der Waals surface area (Å²) in [6, 6.07) is 5.39. The Morgan fingerprint density at radius 3 is 2.62 bits per heavy atom. The summed E-state index contributed by atoms with van der Waals surface area (Å²) < 4.78 is 27.8. The molecule has 1 aromatic carbocycles. The highest BCUT2D eigenvalue weighted by molar-refractivity contribution is 7.89. The summed E-state index contributed by atoms with van der Waals surface area (Å²) in [6.07, 6.45) is 2.65. The van der Waals surface area contributed by atoms with Crippen molar-refractivity contribution in [2.24, 2.45) is 5.14 Å². The molecule has 2 aromatic rings. The van der Waals surface area contributed by atoms with E-state index in [0.717, 1.165) is 0 Å². The lowest BCUT2D eigenvalue weighted by Gasteiger charge is -2.11. The van der Waals surface area contributed by atoms with Gasteiger partial charge in [0.25, 0.3) is 5.91 Å². The number of hydrogen-bond donors (Lipinski definition) is 2. The van der Waals surface area contributed by atoms with Crippen LogP contribution in [0.2, 0.25) is 0 Å². The van der Waals surface area contributed by atoms with Crippen LogP contribution in [0.1, 0.15) is 10.4 Å². The van der Waals surface area contributed by atoms with Crippen molar-refractivity contribution >= 4 is 21.6 Å². The summed E-state index contributed by atoms with van der Waals surface area (Å²) in [5, 5.41) is 14.8. The van der Waals surface area contributed by atoms with Crippen LogP contribution in [-0.2, 0) is 10.0 Å². The van der Waals surface area contributed by atoms with Gasteiger partial charge in [-0.15, -0.1) is 0 Å². The Kier molecular flexibility index (Phi) is 4.15. The predicted molar refractivity (Wildman–Crippen MR) is 74.4 cm³/mol. The topological polar surface area (TPSA) is 124 Å². The molecule has 2 rings (SSSR count). The minimum atomic E-state index is -3.88. The first-order valence-corrected chi connectivity index (χ1v) is 7.25. The van der Waals surface area contributed by atoms with E-state index in [9.17, 15) is 13.2 Å². The zero-order valence-electron chi connectivity index (χ0n) is 11.0. The van der Waals surface area contributed by atoms with Crippen molar-refractivity contribution in [3.63, 3.8) is 0 Å². The number of nitrogens with two attached hydrogens (primary N) is 1. The summed E-state index contributed by atoms with van der Waals surface area (Å²) >= 11 is 0. The number of ether oxygens (including phenoxy) is 1. The largest absolute Gasteiger partial charge is 0.495 e. The first-order chi connectivity index (χ1) is 9.91. The molecule has 0 aliphatic carbocycles. The monoisotopic (exact) mass is 308 g/mol. The third kappa shape index (κ3) is 3.52. The van der Waals surface area contributed by atoms with Gasteiger partial charge in [-0.3, -0.25) is 4.79 Å². The van der Waals surface area contributed by atoms with Gasteiger partial charge in [-0.2, -0.15) is 10.2 Å². The molecule has 0 aliphatic rings. The Morgan fingerprint density at radius 2 is 2.05 bits per heavy atom. The number of methoxy groups -OCH3 is 1. The molecule has 0 bridgehead atoms. The van der Waals surface area contributed by atoms with E-state index in [-0.39, 0.29) is 16.1 Å². The molecule has 0 aliphatic heterocycles. The van der Waals surface area contributed by atoms with Crippen molar-refractivity contribution in [2.45, 2.75) is 4.90 Å². The van der Waals surface area contributed by atoms with Gasteiger partial charge >= 0.3 is 0 Å². The lowest BCUT2D eigenvalue weighted by atomic mass is 10.2. The first-order valence-electron chi connectivity index (χ1n) is 5.70. The maximum Gasteiger partial charge on any atom is 0.257 e. The number of amides is 1. The summed E-state index contributed by atoms with van der Waals surface area (Å²) in [5.74, 6) is -0.174. The Labute approximate surface area is 121 Å². The molecule has 0 atom stereocenters. The van der Waals surface area contributed by atoms with Gasteiger partial charge in [-0.1, -0.05) is 0 Å². The highest BCUT2D eigenvalue weighted by Crippen LogP contribution is 2.27. The van der Waals surface area contributed by atoms with E-state index in [2.05, 4.69) is 15.5 Å². The maximum atomic E-state index is 12.0. The van der Waals surface area contributed by atoms with Crippen LogP contribution < -0.4 is 15.2 Å². The average Bonchev–Trinajstić information content (AvgIpc) is 2.47. The number of rotatable bonds is 4. The second-order valence-electron chi connectivity index (χ2n) is 3.99. The van der Waals surface area contributed by atoms with Crippen LogP contribution in [0, 0.1) is 0 Å². The number of anilines is 1. The molecule has 21 heavy (non-hydrogen) atoms. The fraction of sp³-hybridized carbons (Fsp3) is 0.0833. The molecule has 110 valence electrons. The number of hydrogen-bond acceptors (Lipinski definition) is 6. The molecular formula is C12H12N4O4S. The van der Waals surface area contributed by atoms with Crippen molar-refractivity contribution in [1.82, 2.24) is 10.2 Å². The number of sulfonamides is 1. The van der Waals surface area contributed by atoms with E-state index in [1.165, 1.54) is 43.8 Å². The number of nitrogens with zero attached hydrogens (tertiary/aromatic N) is 2. The van der Waals surface area contributed by atoms with Crippen LogP contribution in [0.4, 0.5) is 5.69 Å². The van der Waals surface area contributed by atoms with Gasteiger partial charge in [0.05, 0.1) is 35.6 Å². The highest BCUT2D eigenvalue weighted by Gasteiger charge is 2.14. The second kappa shape index (κ2) is 5.85. The van der Waals surface area contributed by atoms with E-state index in [1.807, 2.05) is 0 Å². The SMILES string of the molecule is COc1ccc(S(N)(=O)=O)cc1NC(=O)c1ccnnc1. The minimum absolute atomic E-state index is 0.133. The number of aromatic nitrogens is 2. The first kappa shape index (κ1) is 14.9. The quantitative estimate of drug-likeness (QED) is 0.841. The van der Waals surface area contributed by atoms with Gasteiger partial charge in [0.1, 0.15) is 5.75 Å². The molecule has 1 heterocycles. The smallest absolute Gasteiger partial charge is 0.257 e. The molecule has 0 saturated carbocycles. The van der Waals surface area contributed by atoms with Gasteiger partial charge in [-0.05, 0) is 24.3 Å². The van der Waals surface area contributed by atoms with Crippen LogP contribution in [-0.4, -0.2) is 31.6 Å². The van der Waals surface area contributed by atoms with Crippen LogP contribution in [0.5, 0.6) is 5.75 Å². The maximum absolute atomic E-state index is 12.0. The summed E-state index contributed by atoms with van der Waals surface area (Å²) in [6.45, 7) is 0. The molecular weight excluding hydrogens is 296 g/mol. The van der Waals surface area contributed by atoms with E-state index in [0.29, 0.717) is 5.75 Å². The van der Waals surface area contributed by atoms with Crippen LogP contribution in [0.3, 0.4) is 0 Å². The fourth-order valence-corrected chi connectivity index (χ4v) is 2.12. The van der Waals surface area contributed by atoms with Crippen LogP contribution in [0.15, 0.2) is 41.6 Å². The number of benzene rings is 1. The van der Waals surface area contributed by atoms with E-state index in [1.54, 1.807) is 0 Å². The van der Waals surface area contributed by atoms with Crippen molar-refractivity contribution < 1.29 is 17.9 Å². The zero-order valence-corrected chi connectivity index (χ0v) is 11.8. The van der Waals surface area contributed by atoms with Gasteiger partial charge in [0, 0.05) is 0 Å². The number of primary sulfonamides is 1. The summed E-state index contributed by atoms with van der Waals surface area (Å²) in [7, 11) is -2.48. The number of nitrogens with one attached hydrogen (secondary N) is 1. The van der Waals surface area contributed by atoms with Crippen molar-refractivity contribution in [3.8, 4) is 5.75 Å². The molecule has 0 spiro atoms. The Morgan fingerprint density at radius 1 is 1.29 bits per heavy atom. The normalized spacial score (nSPS) is 11.0. The summed E-state index contributed by atoms with van der Waals surface area (Å²) in [5.41, 5.74) is 0.457. The van der Waals surface area contributed by atoms with Crippen LogP contribution >= 0.6 is 0 Å². The number of carbonyl (C=O) groups is 1. The molecule has 0 unspecified atom stereocenters. The Hall–Kier alpha value is -2.52. The third-order valence-electron chi connectivity index (χ3n) is 2.59. The molecule has 1 aromatic heterocycles. The van der Waals surface area contributed by atoms with Gasteiger partial charge < -0.3 is 10.1 Å². The van der Waals surface area contributed by atoms with E-state index >= 15 is 0 Å². The van der Waals surface area contributed by atoms with E-state index < -0.39 is 15.9 Å². The molecule has 1 amide bonds. The van der Waals surface area contributed by atoms with Crippen molar-refractivity contribution in [3.05, 3.63) is 42.2 Å². The van der Waals surface area contributed by atoms with Crippen LogP contribution in [0.25, 0.3) is 0 Å². The van der Waals surface area contributed by atoms with Crippen molar-refractivity contribution in [2.75, 3.05) is 12.4 Å². The second-order valence-corrected chi connectivity index (χ2v) is 5.55.